The lowest BCUT2D eigenvalue weighted by Gasteiger charge is -2.04. The van der Waals surface area contributed by atoms with Crippen molar-refractivity contribution in [3.63, 3.8) is 0 Å². The average Bonchev–Trinajstić information content (AvgIpc) is 3.48. The van der Waals surface area contributed by atoms with Gasteiger partial charge in [-0.15, -0.1) is 34.0 Å². The van der Waals surface area contributed by atoms with Crippen molar-refractivity contribution in [2.75, 3.05) is 0 Å². The Hall–Kier alpha value is -3.14. The summed E-state index contributed by atoms with van der Waals surface area (Å²) in [6.45, 7) is 0. The first kappa shape index (κ1) is 14.8. The number of aromatic amines is 2. The summed E-state index contributed by atoms with van der Waals surface area (Å²) in [7, 11) is 0. The number of nitrogens with one attached hydrogen (secondary N) is 2. The molecular weight excluding hydrogens is 424 g/mol. The van der Waals surface area contributed by atoms with E-state index >= 15 is 0 Å². The second-order valence-corrected chi connectivity index (χ2v) is 10.0. The van der Waals surface area contributed by atoms with E-state index in [0.29, 0.717) is 10.8 Å². The molecule has 29 heavy (non-hydrogen) atoms. The highest BCUT2D eigenvalue weighted by molar-refractivity contribution is 7.27. The first-order valence-corrected chi connectivity index (χ1v) is 11.5. The van der Waals surface area contributed by atoms with Crippen LogP contribution in [0, 0.1) is 0 Å². The summed E-state index contributed by atoms with van der Waals surface area (Å²) in [5.41, 5.74) is 3.30. The van der Waals surface area contributed by atoms with Crippen molar-refractivity contribution in [2.45, 2.75) is 0 Å². The highest BCUT2D eigenvalue weighted by atomic mass is 32.1. The molecule has 0 aliphatic rings. The summed E-state index contributed by atoms with van der Waals surface area (Å²) in [5.74, 6) is 0. The molecule has 0 saturated carbocycles. The Bertz CT molecular complexity index is 1920. The molecule has 0 radical (unpaired) electrons. The number of pyridine rings is 2. The molecule has 0 aliphatic carbocycles. The molecule has 0 amide bonds. The minimum Gasteiger partial charge on any atom is -0.330 e. The first-order chi connectivity index (χ1) is 14.2. The van der Waals surface area contributed by atoms with Gasteiger partial charge in [0.05, 0.1) is 20.4 Å². The van der Waals surface area contributed by atoms with Gasteiger partial charge in [-0.25, -0.2) is 0 Å². The van der Waals surface area contributed by atoms with E-state index in [4.69, 9.17) is 0 Å². The van der Waals surface area contributed by atoms with Gasteiger partial charge in [-0.2, -0.15) is 0 Å². The van der Waals surface area contributed by atoms with Gasteiger partial charge in [-0.3, -0.25) is 18.4 Å². The maximum Gasteiger partial charge on any atom is 0.264 e. The summed E-state index contributed by atoms with van der Waals surface area (Å²) >= 11 is 4.80. The molecule has 9 heteroatoms. The van der Waals surface area contributed by atoms with E-state index < -0.39 is 0 Å². The van der Waals surface area contributed by atoms with Crippen molar-refractivity contribution in [1.82, 2.24) is 18.8 Å². The Balaban J connectivity index is 1.80. The molecule has 0 bridgehead atoms. The van der Waals surface area contributed by atoms with Crippen LogP contribution in [0.3, 0.4) is 0 Å². The third kappa shape index (κ3) is 1.47. The second kappa shape index (κ2) is 4.54. The van der Waals surface area contributed by atoms with Crippen molar-refractivity contribution >= 4 is 96.9 Å². The first-order valence-electron chi connectivity index (χ1n) is 8.94. The van der Waals surface area contributed by atoms with Crippen molar-refractivity contribution in [3.05, 3.63) is 55.7 Å². The fraction of sp³-hybridized carbons (Fsp3) is 0. The Morgan fingerprint density at radius 3 is 1.66 bits per heavy atom. The molecule has 6 nitrogen and oxygen atoms in total. The van der Waals surface area contributed by atoms with Crippen molar-refractivity contribution in [2.24, 2.45) is 0 Å². The molecule has 7 heterocycles. The van der Waals surface area contributed by atoms with Crippen LogP contribution in [0.4, 0.5) is 0 Å². The smallest absolute Gasteiger partial charge is 0.264 e. The van der Waals surface area contributed by atoms with Gasteiger partial charge in [0.15, 0.2) is 0 Å². The zero-order valence-corrected chi connectivity index (χ0v) is 16.8. The molecule has 1 aromatic carbocycles. The number of hydrogen-bond donors (Lipinski definition) is 2. The van der Waals surface area contributed by atoms with Crippen LogP contribution in [-0.2, 0) is 0 Å². The Morgan fingerprint density at radius 2 is 1.17 bits per heavy atom. The van der Waals surface area contributed by atoms with Gasteiger partial charge in [0.25, 0.3) is 11.1 Å². The average molecular weight is 433 g/mol. The lowest BCUT2D eigenvalue weighted by atomic mass is 10.0. The number of aromatic nitrogens is 4. The summed E-state index contributed by atoms with van der Waals surface area (Å²) < 4.78 is 5.55. The molecule has 0 spiro atoms. The van der Waals surface area contributed by atoms with E-state index in [1.165, 1.54) is 0 Å². The molecule has 7 aromatic heterocycles. The number of rotatable bonds is 0. The fourth-order valence-corrected chi connectivity index (χ4v) is 7.51. The normalized spacial score (nSPS) is 13.1. The predicted octanol–water partition coefficient (Wildman–Crippen LogP) is 4.96. The van der Waals surface area contributed by atoms with Crippen molar-refractivity contribution in [3.8, 4) is 0 Å². The lowest BCUT2D eigenvalue weighted by Crippen LogP contribution is -2.14. The van der Waals surface area contributed by atoms with Crippen LogP contribution in [0.15, 0.2) is 44.6 Å². The monoisotopic (exact) mass is 432 g/mol. The van der Waals surface area contributed by atoms with E-state index in [1.54, 1.807) is 42.8 Å². The number of hydrogen-bond acceptors (Lipinski definition) is 5. The molecule has 0 fully saturated rings. The zero-order valence-electron chi connectivity index (χ0n) is 14.4. The topological polar surface area (TPSA) is 74.5 Å². The third-order valence-electron chi connectivity index (χ3n) is 5.84. The van der Waals surface area contributed by atoms with Crippen molar-refractivity contribution in [1.29, 1.82) is 0 Å². The van der Waals surface area contributed by atoms with E-state index in [2.05, 4.69) is 9.97 Å². The Kier molecular flexibility index (Phi) is 2.31. The number of H-pyrrole nitrogens is 2. The zero-order chi connectivity index (χ0) is 19.0. The minimum atomic E-state index is -0.0496. The lowest BCUT2D eigenvalue weighted by molar-refractivity contribution is 1.19. The minimum absolute atomic E-state index is 0.0496. The number of fused-ring (bicyclic) bond motifs is 8. The van der Waals surface area contributed by atoms with Gasteiger partial charge in [0.2, 0.25) is 0 Å². The maximum absolute atomic E-state index is 13.4. The molecule has 8 aromatic rings. The van der Waals surface area contributed by atoms with E-state index in [9.17, 15) is 9.59 Å². The number of benzene rings is 1. The second-order valence-electron chi connectivity index (χ2n) is 7.17. The van der Waals surface area contributed by atoms with Gasteiger partial charge in [0.1, 0.15) is 21.0 Å². The molecule has 0 unspecified atom stereocenters. The largest absolute Gasteiger partial charge is 0.330 e. The predicted molar refractivity (Wildman–Crippen MR) is 122 cm³/mol. The quantitative estimate of drug-likeness (QED) is 0.333. The van der Waals surface area contributed by atoms with Gasteiger partial charge in [-0.1, -0.05) is 0 Å². The van der Waals surface area contributed by atoms with Crippen molar-refractivity contribution < 1.29 is 0 Å². The molecule has 8 rings (SSSR count). The molecule has 0 saturated heterocycles. The van der Waals surface area contributed by atoms with Crippen LogP contribution in [0.1, 0.15) is 0 Å². The van der Waals surface area contributed by atoms with Gasteiger partial charge in [-0.05, 0) is 35.0 Å². The SMILES string of the molecule is O=c1c2ccc3c(=O)n4c5ccsc5[nH]c4c4sc(c2c34)c2[nH]c3sccc3n12. The summed E-state index contributed by atoms with van der Waals surface area (Å²) in [4.78, 5) is 35.6. The van der Waals surface area contributed by atoms with Crippen LogP contribution in [0.2, 0.25) is 0 Å². The summed E-state index contributed by atoms with van der Waals surface area (Å²) in [5, 5.41) is 7.05. The van der Waals surface area contributed by atoms with Gasteiger partial charge >= 0.3 is 0 Å². The molecule has 0 aliphatic heterocycles. The van der Waals surface area contributed by atoms with Crippen LogP contribution >= 0.6 is 34.0 Å². The van der Waals surface area contributed by atoms with E-state index in [1.807, 2.05) is 35.0 Å². The van der Waals surface area contributed by atoms with Gasteiger partial charge in [0, 0.05) is 21.5 Å². The maximum atomic E-state index is 13.4. The van der Waals surface area contributed by atoms with Crippen LogP contribution in [-0.4, -0.2) is 18.8 Å². The van der Waals surface area contributed by atoms with Crippen LogP contribution in [0.25, 0.3) is 62.9 Å². The standard InChI is InChI=1S/C20H8N4O2S3/c25-19-7-1-2-8-12-11(7)13(15-21-17-9(23(15)19)3-5-27-17)29-14(12)16-22-18-10(4-6-28-18)24(16)20(8)26/h1-6,21-22H. The third-order valence-corrected chi connectivity index (χ3v) is 8.68. The highest BCUT2D eigenvalue weighted by Crippen LogP contribution is 2.43. The molecule has 138 valence electrons. The molecular formula is C20H8N4O2S3. The Labute approximate surface area is 171 Å². The van der Waals surface area contributed by atoms with Crippen LogP contribution < -0.4 is 11.1 Å². The summed E-state index contributed by atoms with van der Waals surface area (Å²) in [6, 6.07) is 7.55. The van der Waals surface area contributed by atoms with Gasteiger partial charge < -0.3 is 9.97 Å². The number of imidazole rings is 2. The van der Waals surface area contributed by atoms with Crippen LogP contribution in [0.5, 0.6) is 0 Å². The molecule has 2 N–H and O–H groups in total. The summed E-state index contributed by atoms with van der Waals surface area (Å²) in [6.07, 6.45) is 0. The van der Waals surface area contributed by atoms with E-state index in [0.717, 1.165) is 52.2 Å². The fourth-order valence-electron chi connectivity index (χ4n) is 4.66. The van der Waals surface area contributed by atoms with E-state index in [-0.39, 0.29) is 11.1 Å². The highest BCUT2D eigenvalue weighted by Gasteiger charge is 2.24. The number of nitrogens with zero attached hydrogens (tertiary/aromatic N) is 2. The Morgan fingerprint density at radius 1 is 0.690 bits per heavy atom. The molecule has 0 atom stereocenters. The number of thiophene rings is 3.